The molecule has 7 heteroatoms. The maximum atomic E-state index is 6.70. The monoisotopic (exact) mass is 813 g/mol. The molecule has 8 aromatic carbocycles. The molecule has 13 rings (SSSR count). The van der Waals surface area contributed by atoms with E-state index in [1.54, 1.807) is 11.3 Å². The highest BCUT2D eigenvalue weighted by molar-refractivity contribution is 7.22. The number of aromatic nitrogens is 3. The van der Waals surface area contributed by atoms with Crippen LogP contribution in [0.15, 0.2) is 194 Å². The number of rotatable bonds is 5. The molecule has 62 heavy (non-hydrogen) atoms. The van der Waals surface area contributed by atoms with Crippen molar-refractivity contribution in [1.29, 1.82) is 0 Å². The van der Waals surface area contributed by atoms with E-state index in [-0.39, 0.29) is 6.17 Å². The molecule has 4 N–H and O–H groups in total. The van der Waals surface area contributed by atoms with Gasteiger partial charge in [-0.25, -0.2) is 4.98 Å². The Balaban J connectivity index is 1.01. The molecule has 2 aliphatic carbocycles. The van der Waals surface area contributed by atoms with Crippen molar-refractivity contribution in [3.8, 4) is 55.7 Å². The molecule has 292 valence electrons. The number of thiophene rings is 1. The van der Waals surface area contributed by atoms with E-state index >= 15 is 0 Å². The van der Waals surface area contributed by atoms with Gasteiger partial charge in [-0.15, -0.1) is 11.3 Å². The summed E-state index contributed by atoms with van der Waals surface area (Å²) in [6.07, 6.45) is -0.0850. The Morgan fingerprint density at radius 3 is 1.97 bits per heavy atom. The summed E-state index contributed by atoms with van der Waals surface area (Å²) in [4.78, 5) is 17.3. The number of nitrogens with two attached hydrogens (primary N) is 1. The maximum absolute atomic E-state index is 6.70. The van der Waals surface area contributed by atoms with Crippen LogP contribution in [0.5, 0.6) is 0 Å². The van der Waals surface area contributed by atoms with E-state index in [4.69, 9.17) is 15.7 Å². The van der Waals surface area contributed by atoms with Gasteiger partial charge in [0.15, 0.2) is 0 Å². The lowest BCUT2D eigenvalue weighted by molar-refractivity contribution is -0.359. The molecule has 3 aliphatic rings. The van der Waals surface area contributed by atoms with Crippen LogP contribution in [0.3, 0.4) is 0 Å². The van der Waals surface area contributed by atoms with Crippen LogP contribution in [0.1, 0.15) is 34.0 Å². The van der Waals surface area contributed by atoms with Crippen LogP contribution in [0.4, 0.5) is 22.7 Å². The second kappa shape index (κ2) is 13.3. The third-order valence-corrected chi connectivity index (χ3v) is 14.0. The van der Waals surface area contributed by atoms with Gasteiger partial charge in [0.2, 0.25) is 0 Å². The predicted octanol–water partition coefficient (Wildman–Crippen LogP) is 12.7. The van der Waals surface area contributed by atoms with E-state index in [0.717, 1.165) is 44.7 Å². The zero-order chi connectivity index (χ0) is 40.9. The largest absolute Gasteiger partial charge is 0.399 e. The molecule has 3 heterocycles. The van der Waals surface area contributed by atoms with Crippen LogP contribution in [-0.4, -0.2) is 9.97 Å². The molecule has 10 aromatic rings. The predicted molar refractivity (Wildman–Crippen MR) is 252 cm³/mol. The molecule has 0 saturated carbocycles. The lowest BCUT2D eigenvalue weighted by atomic mass is 9.70. The Bertz CT molecular complexity index is 3360. The summed E-state index contributed by atoms with van der Waals surface area (Å²) >= 11 is 1.73. The van der Waals surface area contributed by atoms with Gasteiger partial charge in [-0.1, -0.05) is 125 Å². The van der Waals surface area contributed by atoms with Gasteiger partial charge >= 0.3 is 5.82 Å². The highest BCUT2D eigenvalue weighted by Gasteiger charge is 2.52. The third kappa shape index (κ3) is 5.00. The first-order valence-electron chi connectivity index (χ1n) is 21.0. The number of benzene rings is 8. The fourth-order valence-electron chi connectivity index (χ4n) is 10.4. The van der Waals surface area contributed by atoms with E-state index < -0.39 is 5.41 Å². The van der Waals surface area contributed by atoms with Crippen molar-refractivity contribution in [1.82, 2.24) is 9.97 Å². The van der Waals surface area contributed by atoms with Crippen molar-refractivity contribution in [2.24, 2.45) is 0 Å². The molecule has 0 fully saturated rings. The van der Waals surface area contributed by atoms with Gasteiger partial charge in [0.25, 0.3) is 11.6 Å². The van der Waals surface area contributed by atoms with Crippen molar-refractivity contribution in [2.45, 2.75) is 11.6 Å². The summed E-state index contributed by atoms with van der Waals surface area (Å²) in [7, 11) is 0. The fourth-order valence-corrected chi connectivity index (χ4v) is 11.4. The molecule has 0 radical (unpaired) electrons. The average molecular weight is 814 g/mol. The first-order valence-corrected chi connectivity index (χ1v) is 21.8. The number of nitrogens with zero attached hydrogens (tertiary/aromatic N) is 3. The standard InChI is InChI=1S/C55H36N6S/c56-36-25-27-44-40(31-36)50-41-32-49(53-59-51(33-14-4-1-5-15-33)58-52(60-53)34-16-6-2-7-17-34)62-48(41)29-28-45(50)55(44)42-21-11-10-20-38(42)39-30-35(24-26-43(39)55)54-57-46-22-12-13-23-47(46)61(54)37-18-8-3-9-19-37/h1-32,54,57H,56H2/p+1. The number of aromatic amines is 1. The third-order valence-electron chi connectivity index (χ3n) is 12.9. The van der Waals surface area contributed by atoms with Gasteiger partial charge in [-0.3, -0.25) is 0 Å². The Morgan fingerprint density at radius 2 is 1.19 bits per heavy atom. The number of hydrogen-bond acceptors (Lipinski definition) is 6. The number of nitrogen functional groups attached to an aromatic ring is 1. The summed E-state index contributed by atoms with van der Waals surface area (Å²) in [5, 5.41) is 5.06. The molecule has 0 amide bonds. The van der Waals surface area contributed by atoms with Crippen LogP contribution in [0.2, 0.25) is 0 Å². The van der Waals surface area contributed by atoms with Crippen LogP contribution in [0.25, 0.3) is 65.8 Å². The van der Waals surface area contributed by atoms with E-state index in [1.807, 2.05) is 36.4 Å². The normalized spacial score (nSPS) is 16.5. The molecule has 2 atom stereocenters. The molecule has 2 unspecified atom stereocenters. The molecule has 1 spiro atoms. The summed E-state index contributed by atoms with van der Waals surface area (Å²) in [6.45, 7) is 0. The quantitative estimate of drug-likeness (QED) is 0.169. The second-order valence-electron chi connectivity index (χ2n) is 16.3. The number of anilines is 4. The lowest BCUT2D eigenvalue weighted by Crippen LogP contribution is -2.26. The highest BCUT2D eigenvalue weighted by atomic mass is 32.1. The summed E-state index contributed by atoms with van der Waals surface area (Å²) in [5.41, 5.74) is 23.5. The lowest BCUT2D eigenvalue weighted by Gasteiger charge is -2.31. The Hall–Kier alpha value is -7.87. The Labute approximate surface area is 362 Å². The maximum Gasteiger partial charge on any atom is 0.318 e. The van der Waals surface area contributed by atoms with Crippen molar-refractivity contribution in [3.63, 3.8) is 0 Å². The van der Waals surface area contributed by atoms with E-state index in [2.05, 4.69) is 173 Å². The highest BCUT2D eigenvalue weighted by Crippen LogP contribution is 2.65. The Morgan fingerprint density at radius 1 is 0.565 bits per heavy atom. The minimum absolute atomic E-state index is 0.0850. The van der Waals surface area contributed by atoms with Crippen LogP contribution in [0, 0.1) is 0 Å². The fraction of sp³-hybridized carbons (Fsp3) is 0.0364. The second-order valence-corrected chi connectivity index (χ2v) is 17.4. The number of fused-ring (bicyclic) bond motifs is 13. The molecule has 2 aromatic heterocycles. The van der Waals surface area contributed by atoms with Gasteiger partial charge < -0.3 is 16.0 Å². The molecule has 1 aliphatic heterocycles. The van der Waals surface area contributed by atoms with Gasteiger partial charge in [-0.2, -0.15) is 0 Å². The summed E-state index contributed by atoms with van der Waals surface area (Å²) in [5.74, 6) is 2.24. The average Bonchev–Trinajstić information content (AvgIpc) is 4.09. The smallest absolute Gasteiger partial charge is 0.318 e. The van der Waals surface area contributed by atoms with E-state index in [9.17, 15) is 0 Å². The first-order chi connectivity index (χ1) is 30.6. The van der Waals surface area contributed by atoms with Gasteiger partial charge in [0.1, 0.15) is 11.0 Å². The van der Waals surface area contributed by atoms with Gasteiger partial charge in [-0.05, 0) is 129 Å². The summed E-state index contributed by atoms with van der Waals surface area (Å²) < 4.78 is 1.18. The van der Waals surface area contributed by atoms with Crippen molar-refractivity contribution < 1.29 is 4.98 Å². The van der Waals surface area contributed by atoms with Crippen molar-refractivity contribution in [3.05, 3.63) is 222 Å². The molecule has 0 bridgehead atoms. The number of nitrogens with one attached hydrogen (secondary N) is 2. The SMILES string of the molecule is Nc1ccc2c(c1)-c1c(ccc3sc(-c4nc(-c5ccccc5)[nH+]c(-c5ccccc5)n4)cc13)C21c2ccccc2-c2cc(C3Nc4ccccc4N3c3ccccc3)ccc21. The van der Waals surface area contributed by atoms with Gasteiger partial charge in [0, 0.05) is 21.5 Å². The molecule has 6 nitrogen and oxygen atoms in total. The zero-order valence-electron chi connectivity index (χ0n) is 33.4. The van der Waals surface area contributed by atoms with Crippen molar-refractivity contribution in [2.75, 3.05) is 16.0 Å². The number of H-pyrrole nitrogens is 1. The number of hydrogen-bond donors (Lipinski definition) is 2. The molecule has 0 saturated heterocycles. The minimum atomic E-state index is -0.538. The van der Waals surface area contributed by atoms with E-state index in [1.165, 1.54) is 65.8 Å². The van der Waals surface area contributed by atoms with Crippen LogP contribution >= 0.6 is 11.3 Å². The number of para-hydroxylation sites is 3. The minimum Gasteiger partial charge on any atom is -0.399 e. The topological polar surface area (TPSA) is 81.2 Å². The van der Waals surface area contributed by atoms with Gasteiger partial charge in [0.05, 0.1) is 27.9 Å². The molecular weight excluding hydrogens is 777 g/mol. The van der Waals surface area contributed by atoms with Crippen molar-refractivity contribution >= 4 is 44.2 Å². The summed E-state index contributed by atoms with van der Waals surface area (Å²) in [6, 6.07) is 69.5. The molecular formula is C55H37N6S+. The Kier molecular flexibility index (Phi) is 7.50. The van der Waals surface area contributed by atoms with Crippen LogP contribution < -0.4 is 20.9 Å². The van der Waals surface area contributed by atoms with Crippen LogP contribution in [-0.2, 0) is 5.41 Å². The van der Waals surface area contributed by atoms with E-state index in [0.29, 0.717) is 5.82 Å². The first kappa shape index (κ1) is 34.9. The zero-order valence-corrected chi connectivity index (χ0v) is 34.2.